The van der Waals surface area contributed by atoms with Crippen LogP contribution >= 0.6 is 15.9 Å². The minimum absolute atomic E-state index is 0.110. The largest absolute Gasteiger partial charge is 0.459 e. The number of aliphatic hydroxyl groups excluding tert-OH is 1. The Labute approximate surface area is 109 Å². The second kappa shape index (κ2) is 5.65. The van der Waals surface area contributed by atoms with Gasteiger partial charge in [0.2, 0.25) is 0 Å². The maximum Gasteiger partial charge on any atom is 0.339 e. The fraction of sp³-hybridized carbons (Fsp3) is 0.462. The lowest BCUT2D eigenvalue weighted by Gasteiger charge is -2.18. The molecule has 0 spiro atoms. The molecular weight excluding hydrogens is 284 g/mol. The van der Waals surface area contributed by atoms with Gasteiger partial charge in [-0.3, -0.25) is 0 Å². The molecule has 0 amide bonds. The lowest BCUT2D eigenvalue weighted by atomic mass is 10.1. The molecule has 3 nitrogen and oxygen atoms in total. The van der Waals surface area contributed by atoms with Crippen LogP contribution in [0.15, 0.2) is 30.3 Å². The first-order valence-corrected chi connectivity index (χ1v) is 6.67. The molecule has 0 radical (unpaired) electrons. The average Bonchev–Trinajstić information content (AvgIpc) is 2.75. The zero-order chi connectivity index (χ0) is 12.3. The van der Waals surface area contributed by atoms with Crippen LogP contribution in [-0.2, 0) is 9.53 Å². The number of halogens is 1. The van der Waals surface area contributed by atoms with Gasteiger partial charge in [0.15, 0.2) is 6.10 Å². The SMILES string of the molecule is O=C(O[C@@H]1CCC[C@H]1Br)[C@@H](O)c1ccccc1. The van der Waals surface area contributed by atoms with E-state index in [1.54, 1.807) is 24.3 Å². The first kappa shape index (κ1) is 12.6. The zero-order valence-electron chi connectivity index (χ0n) is 9.38. The third kappa shape index (κ3) is 3.07. The van der Waals surface area contributed by atoms with Gasteiger partial charge < -0.3 is 9.84 Å². The van der Waals surface area contributed by atoms with Gasteiger partial charge in [0.05, 0.1) is 4.83 Å². The molecule has 1 aliphatic rings. The van der Waals surface area contributed by atoms with Gasteiger partial charge >= 0.3 is 5.97 Å². The Kier molecular flexibility index (Phi) is 4.18. The van der Waals surface area contributed by atoms with E-state index in [2.05, 4.69) is 15.9 Å². The Morgan fingerprint density at radius 1 is 1.35 bits per heavy atom. The molecule has 1 fully saturated rings. The Morgan fingerprint density at radius 2 is 2.06 bits per heavy atom. The highest BCUT2D eigenvalue weighted by atomic mass is 79.9. The van der Waals surface area contributed by atoms with Gasteiger partial charge in [0.1, 0.15) is 6.10 Å². The molecule has 92 valence electrons. The smallest absolute Gasteiger partial charge is 0.339 e. The number of ether oxygens (including phenoxy) is 1. The fourth-order valence-corrected chi connectivity index (χ4v) is 2.69. The fourth-order valence-electron chi connectivity index (χ4n) is 2.00. The zero-order valence-corrected chi connectivity index (χ0v) is 11.0. The van der Waals surface area contributed by atoms with E-state index in [9.17, 15) is 9.90 Å². The van der Waals surface area contributed by atoms with E-state index in [4.69, 9.17) is 4.74 Å². The molecular formula is C13H15BrO3. The van der Waals surface area contributed by atoms with Gasteiger partial charge in [-0.05, 0) is 24.8 Å². The number of hydrogen-bond donors (Lipinski definition) is 1. The van der Waals surface area contributed by atoms with Crippen LogP contribution in [0.1, 0.15) is 30.9 Å². The molecule has 2 rings (SSSR count). The summed E-state index contributed by atoms with van der Waals surface area (Å²) in [6.07, 6.45) is 1.63. The summed E-state index contributed by atoms with van der Waals surface area (Å²) in [6, 6.07) is 8.84. The maximum absolute atomic E-state index is 11.8. The van der Waals surface area contributed by atoms with E-state index in [1.807, 2.05) is 6.07 Å². The molecule has 0 heterocycles. The van der Waals surface area contributed by atoms with E-state index >= 15 is 0 Å². The second-order valence-corrected chi connectivity index (χ2v) is 5.41. The van der Waals surface area contributed by atoms with Crippen molar-refractivity contribution in [1.82, 2.24) is 0 Å². The van der Waals surface area contributed by atoms with Crippen LogP contribution in [-0.4, -0.2) is 22.0 Å². The number of esters is 1. The summed E-state index contributed by atoms with van der Waals surface area (Å²) in [5.74, 6) is -0.562. The van der Waals surface area contributed by atoms with E-state index in [-0.39, 0.29) is 10.9 Å². The van der Waals surface area contributed by atoms with E-state index < -0.39 is 12.1 Å². The quantitative estimate of drug-likeness (QED) is 0.689. The monoisotopic (exact) mass is 298 g/mol. The molecule has 0 aliphatic heterocycles. The minimum Gasteiger partial charge on any atom is -0.459 e. The van der Waals surface area contributed by atoms with Crippen molar-refractivity contribution >= 4 is 21.9 Å². The van der Waals surface area contributed by atoms with Crippen LogP contribution in [0.3, 0.4) is 0 Å². The maximum atomic E-state index is 11.8. The summed E-state index contributed by atoms with van der Waals surface area (Å²) in [5, 5.41) is 9.85. The number of benzene rings is 1. The third-order valence-corrected chi connectivity index (χ3v) is 4.03. The predicted octanol–water partition coefficient (Wildman–Crippen LogP) is 2.58. The van der Waals surface area contributed by atoms with Crippen LogP contribution in [0, 0.1) is 0 Å². The summed E-state index contributed by atoms with van der Waals surface area (Å²) in [6.45, 7) is 0. The summed E-state index contributed by atoms with van der Waals surface area (Å²) in [4.78, 5) is 12.0. The van der Waals surface area contributed by atoms with E-state index in [1.165, 1.54) is 0 Å². The Hall–Kier alpha value is -0.870. The molecule has 1 aromatic rings. The van der Waals surface area contributed by atoms with E-state index in [0.717, 1.165) is 19.3 Å². The van der Waals surface area contributed by atoms with Crippen LogP contribution in [0.4, 0.5) is 0 Å². The van der Waals surface area contributed by atoms with Crippen LogP contribution in [0.5, 0.6) is 0 Å². The van der Waals surface area contributed by atoms with Crippen molar-refractivity contribution in [3.8, 4) is 0 Å². The van der Waals surface area contributed by atoms with Gasteiger partial charge in [0.25, 0.3) is 0 Å². The molecule has 17 heavy (non-hydrogen) atoms. The molecule has 4 heteroatoms. The van der Waals surface area contributed by atoms with Crippen LogP contribution in [0.2, 0.25) is 0 Å². The van der Waals surface area contributed by atoms with Gasteiger partial charge in [-0.1, -0.05) is 46.3 Å². The molecule has 0 bridgehead atoms. The molecule has 0 saturated heterocycles. The molecule has 1 N–H and O–H groups in total. The Morgan fingerprint density at radius 3 is 2.65 bits per heavy atom. The third-order valence-electron chi connectivity index (χ3n) is 2.98. The van der Waals surface area contributed by atoms with Crippen molar-refractivity contribution in [2.45, 2.75) is 36.3 Å². The number of alkyl halides is 1. The molecule has 3 atom stereocenters. The van der Waals surface area contributed by atoms with Crippen LogP contribution in [0.25, 0.3) is 0 Å². The molecule has 0 aromatic heterocycles. The van der Waals surface area contributed by atoms with Crippen molar-refractivity contribution < 1.29 is 14.6 Å². The Bertz CT molecular complexity index is 380. The summed E-state index contributed by atoms with van der Waals surface area (Å²) in [5.41, 5.74) is 0.571. The number of aliphatic hydroxyl groups is 1. The number of hydrogen-bond acceptors (Lipinski definition) is 3. The topological polar surface area (TPSA) is 46.5 Å². The number of carbonyl (C=O) groups is 1. The highest BCUT2D eigenvalue weighted by Gasteiger charge is 2.30. The minimum atomic E-state index is -1.18. The van der Waals surface area contributed by atoms with Crippen molar-refractivity contribution in [1.29, 1.82) is 0 Å². The standard InChI is InChI=1S/C13H15BrO3/c14-10-7-4-8-11(10)17-13(16)12(15)9-5-2-1-3-6-9/h1-3,5-6,10-12,15H,4,7-8H2/t10-,11-,12+/m1/s1. The van der Waals surface area contributed by atoms with Crippen molar-refractivity contribution in [3.63, 3.8) is 0 Å². The van der Waals surface area contributed by atoms with Crippen molar-refractivity contribution in [2.75, 3.05) is 0 Å². The number of rotatable bonds is 3. The first-order chi connectivity index (χ1) is 8.18. The number of carbonyl (C=O) groups excluding carboxylic acids is 1. The summed E-state index contributed by atoms with van der Waals surface area (Å²) in [7, 11) is 0. The van der Waals surface area contributed by atoms with Gasteiger partial charge in [-0.25, -0.2) is 4.79 Å². The molecule has 1 aliphatic carbocycles. The average molecular weight is 299 g/mol. The molecule has 0 unspecified atom stereocenters. The van der Waals surface area contributed by atoms with Crippen molar-refractivity contribution in [3.05, 3.63) is 35.9 Å². The lowest BCUT2D eigenvalue weighted by Crippen LogP contribution is -2.26. The summed E-state index contributed by atoms with van der Waals surface area (Å²) >= 11 is 3.48. The van der Waals surface area contributed by atoms with Gasteiger partial charge in [-0.2, -0.15) is 0 Å². The van der Waals surface area contributed by atoms with Crippen molar-refractivity contribution in [2.24, 2.45) is 0 Å². The van der Waals surface area contributed by atoms with Gasteiger partial charge in [0, 0.05) is 0 Å². The van der Waals surface area contributed by atoms with E-state index in [0.29, 0.717) is 5.56 Å². The predicted molar refractivity (Wildman–Crippen MR) is 67.8 cm³/mol. The van der Waals surface area contributed by atoms with Gasteiger partial charge in [-0.15, -0.1) is 0 Å². The highest BCUT2D eigenvalue weighted by Crippen LogP contribution is 2.29. The normalized spacial score (nSPS) is 25.5. The second-order valence-electron chi connectivity index (χ2n) is 4.24. The highest BCUT2D eigenvalue weighted by molar-refractivity contribution is 9.09. The molecule has 1 saturated carbocycles. The Balaban J connectivity index is 1.96. The molecule has 1 aromatic carbocycles. The summed E-state index contributed by atoms with van der Waals surface area (Å²) < 4.78 is 5.30. The lowest BCUT2D eigenvalue weighted by molar-refractivity contribution is -0.158. The first-order valence-electron chi connectivity index (χ1n) is 5.76. The van der Waals surface area contributed by atoms with Crippen LogP contribution < -0.4 is 0 Å².